The molecule has 1 aliphatic carbocycles. The van der Waals surface area contributed by atoms with Crippen molar-refractivity contribution in [2.24, 2.45) is 5.41 Å². The van der Waals surface area contributed by atoms with E-state index in [1.54, 1.807) is 0 Å². The molecule has 0 aromatic carbocycles. The first kappa shape index (κ1) is 9.79. The average molecular weight is 167 g/mol. The van der Waals surface area contributed by atoms with Crippen LogP contribution in [0.1, 0.15) is 38.5 Å². The molecule has 0 aromatic rings. The van der Waals surface area contributed by atoms with Gasteiger partial charge in [-0.2, -0.15) is 0 Å². The fraction of sp³-hybridized carbons (Fsp3) is 0.818. The molecule has 1 nitrogen and oxygen atoms in total. The zero-order valence-corrected chi connectivity index (χ0v) is 8.07. The van der Waals surface area contributed by atoms with E-state index in [9.17, 15) is 0 Å². The Labute approximate surface area is 76.2 Å². The van der Waals surface area contributed by atoms with Gasteiger partial charge in [-0.3, -0.25) is 0 Å². The molecule has 2 rings (SSSR count). The van der Waals surface area contributed by atoms with Gasteiger partial charge in [-0.25, -0.2) is 0 Å². The molecule has 2 fully saturated rings. The summed E-state index contributed by atoms with van der Waals surface area (Å²) >= 11 is 0. The SMILES string of the molecule is C1CCC2(CC1)CCNC2.C=C. The zero-order valence-electron chi connectivity index (χ0n) is 8.07. The van der Waals surface area contributed by atoms with Crippen molar-refractivity contribution >= 4 is 0 Å². The van der Waals surface area contributed by atoms with Crippen molar-refractivity contribution in [2.45, 2.75) is 38.5 Å². The predicted molar refractivity (Wildman–Crippen MR) is 54.3 cm³/mol. The summed E-state index contributed by atoms with van der Waals surface area (Å²) in [4.78, 5) is 0. The summed E-state index contributed by atoms with van der Waals surface area (Å²) in [5.74, 6) is 0. The van der Waals surface area contributed by atoms with E-state index in [0.29, 0.717) is 0 Å². The molecule has 1 N–H and O–H groups in total. The van der Waals surface area contributed by atoms with Crippen molar-refractivity contribution in [3.63, 3.8) is 0 Å². The van der Waals surface area contributed by atoms with Crippen molar-refractivity contribution < 1.29 is 0 Å². The van der Waals surface area contributed by atoms with Gasteiger partial charge in [0, 0.05) is 6.54 Å². The normalized spacial score (nSPS) is 26.3. The van der Waals surface area contributed by atoms with Crippen LogP contribution in [-0.4, -0.2) is 13.1 Å². The molecule has 1 heteroatoms. The van der Waals surface area contributed by atoms with E-state index in [0.717, 1.165) is 5.41 Å². The van der Waals surface area contributed by atoms with Crippen molar-refractivity contribution in [1.29, 1.82) is 0 Å². The molecular formula is C11H21N. The molecule has 1 spiro atoms. The maximum Gasteiger partial charge on any atom is 0.000829 e. The Kier molecular flexibility index (Phi) is 3.80. The number of hydrogen-bond donors (Lipinski definition) is 1. The van der Waals surface area contributed by atoms with Crippen LogP contribution in [0.25, 0.3) is 0 Å². The van der Waals surface area contributed by atoms with Crippen molar-refractivity contribution in [3.8, 4) is 0 Å². The molecule has 70 valence electrons. The van der Waals surface area contributed by atoms with E-state index in [1.165, 1.54) is 51.6 Å². The Morgan fingerprint density at radius 1 is 0.917 bits per heavy atom. The Morgan fingerprint density at radius 2 is 1.58 bits per heavy atom. The third kappa shape index (κ3) is 2.10. The third-order valence-corrected chi connectivity index (χ3v) is 3.25. The van der Waals surface area contributed by atoms with Crippen LogP contribution < -0.4 is 5.32 Å². The lowest BCUT2D eigenvalue weighted by Gasteiger charge is -2.32. The lowest BCUT2D eigenvalue weighted by molar-refractivity contribution is 0.216. The topological polar surface area (TPSA) is 12.0 Å². The lowest BCUT2D eigenvalue weighted by atomic mass is 9.74. The van der Waals surface area contributed by atoms with Gasteiger partial charge < -0.3 is 5.32 Å². The van der Waals surface area contributed by atoms with Crippen LogP contribution >= 0.6 is 0 Å². The highest BCUT2D eigenvalue weighted by Crippen LogP contribution is 2.40. The summed E-state index contributed by atoms with van der Waals surface area (Å²) in [7, 11) is 0. The summed E-state index contributed by atoms with van der Waals surface area (Å²) in [5.41, 5.74) is 0.762. The highest BCUT2D eigenvalue weighted by Gasteiger charge is 2.34. The molecule has 1 saturated carbocycles. The quantitative estimate of drug-likeness (QED) is 0.547. The minimum atomic E-state index is 0.762. The van der Waals surface area contributed by atoms with Crippen molar-refractivity contribution in [1.82, 2.24) is 5.32 Å². The molecule has 0 bridgehead atoms. The fourth-order valence-corrected chi connectivity index (χ4v) is 2.52. The molecule has 2 aliphatic rings. The first-order valence-electron chi connectivity index (χ1n) is 5.12. The number of hydrogen-bond acceptors (Lipinski definition) is 1. The molecule has 0 aromatic heterocycles. The standard InChI is InChI=1S/C9H17N.C2H4/c1-2-4-9(5-3-1)6-7-10-8-9;1-2/h10H,1-8H2;1-2H2. The zero-order chi connectivity index (χ0) is 8.86. The second kappa shape index (κ2) is 4.66. The van der Waals surface area contributed by atoms with Crippen LogP contribution in [0.4, 0.5) is 0 Å². The molecule has 12 heavy (non-hydrogen) atoms. The van der Waals surface area contributed by atoms with Crippen molar-refractivity contribution in [2.75, 3.05) is 13.1 Å². The summed E-state index contributed by atoms with van der Waals surface area (Å²) in [5, 5.41) is 3.48. The summed E-state index contributed by atoms with van der Waals surface area (Å²) in [6.45, 7) is 8.59. The van der Waals surface area contributed by atoms with E-state index in [2.05, 4.69) is 18.5 Å². The number of rotatable bonds is 0. The minimum Gasteiger partial charge on any atom is -0.316 e. The van der Waals surface area contributed by atoms with Gasteiger partial charge >= 0.3 is 0 Å². The summed E-state index contributed by atoms with van der Waals surface area (Å²) in [6, 6.07) is 0. The number of nitrogens with one attached hydrogen (secondary N) is 1. The van der Waals surface area contributed by atoms with E-state index >= 15 is 0 Å². The van der Waals surface area contributed by atoms with E-state index in [1.807, 2.05) is 0 Å². The summed E-state index contributed by atoms with van der Waals surface area (Å²) < 4.78 is 0. The third-order valence-electron chi connectivity index (χ3n) is 3.25. The first-order valence-corrected chi connectivity index (χ1v) is 5.12. The highest BCUT2D eigenvalue weighted by atomic mass is 14.9. The van der Waals surface area contributed by atoms with Gasteiger partial charge in [0.25, 0.3) is 0 Å². The van der Waals surface area contributed by atoms with Gasteiger partial charge in [0.15, 0.2) is 0 Å². The lowest BCUT2D eigenvalue weighted by Crippen LogP contribution is -2.26. The van der Waals surface area contributed by atoms with Gasteiger partial charge in [-0.1, -0.05) is 19.3 Å². The van der Waals surface area contributed by atoms with Crippen LogP contribution in [0.3, 0.4) is 0 Å². The molecular weight excluding hydrogens is 146 g/mol. The van der Waals surface area contributed by atoms with Gasteiger partial charge in [0.05, 0.1) is 0 Å². The van der Waals surface area contributed by atoms with Crippen LogP contribution in [0.15, 0.2) is 13.2 Å². The monoisotopic (exact) mass is 167 g/mol. The Morgan fingerprint density at radius 3 is 2.08 bits per heavy atom. The molecule has 1 saturated heterocycles. The van der Waals surface area contributed by atoms with Crippen LogP contribution in [0, 0.1) is 5.41 Å². The van der Waals surface area contributed by atoms with Gasteiger partial charge in [0.1, 0.15) is 0 Å². The van der Waals surface area contributed by atoms with E-state index in [4.69, 9.17) is 0 Å². The second-order valence-corrected chi connectivity index (χ2v) is 3.99. The largest absolute Gasteiger partial charge is 0.316 e. The fourth-order valence-electron chi connectivity index (χ4n) is 2.52. The molecule has 0 atom stereocenters. The minimum absolute atomic E-state index is 0.762. The molecule has 0 radical (unpaired) electrons. The van der Waals surface area contributed by atoms with Gasteiger partial charge in [-0.05, 0) is 31.2 Å². The van der Waals surface area contributed by atoms with Crippen LogP contribution in [0.5, 0.6) is 0 Å². The summed E-state index contributed by atoms with van der Waals surface area (Å²) in [6.07, 6.45) is 8.91. The molecule has 0 amide bonds. The first-order chi connectivity index (χ1) is 5.91. The Bertz CT molecular complexity index is 117. The molecule has 1 heterocycles. The molecule has 1 aliphatic heterocycles. The van der Waals surface area contributed by atoms with Crippen LogP contribution in [0.2, 0.25) is 0 Å². The maximum absolute atomic E-state index is 3.48. The Balaban J connectivity index is 0.000000336. The highest BCUT2D eigenvalue weighted by molar-refractivity contribution is 4.89. The maximum atomic E-state index is 3.48. The average Bonchev–Trinajstić information content (AvgIpc) is 2.58. The second-order valence-electron chi connectivity index (χ2n) is 3.99. The smallest absolute Gasteiger partial charge is 0.000829 e. The van der Waals surface area contributed by atoms with Gasteiger partial charge in [0.2, 0.25) is 0 Å². The van der Waals surface area contributed by atoms with Gasteiger partial charge in [-0.15, -0.1) is 13.2 Å². The van der Waals surface area contributed by atoms with Crippen molar-refractivity contribution in [3.05, 3.63) is 13.2 Å². The van der Waals surface area contributed by atoms with Crippen LogP contribution in [-0.2, 0) is 0 Å². The Hall–Kier alpha value is -0.300. The molecule has 0 unspecified atom stereocenters. The predicted octanol–water partition coefficient (Wildman–Crippen LogP) is 2.73. The van der Waals surface area contributed by atoms with E-state index < -0.39 is 0 Å². The van der Waals surface area contributed by atoms with E-state index in [-0.39, 0.29) is 0 Å².